The second-order valence-corrected chi connectivity index (χ2v) is 6.20. The van der Waals surface area contributed by atoms with E-state index in [9.17, 15) is 0 Å². The molecule has 1 saturated carbocycles. The topological polar surface area (TPSA) is 47.7 Å². The number of hydrogen-bond donors (Lipinski definition) is 1. The van der Waals surface area contributed by atoms with E-state index in [1.165, 1.54) is 32.1 Å². The van der Waals surface area contributed by atoms with Crippen molar-refractivity contribution in [3.05, 3.63) is 0 Å². The molecule has 1 heterocycles. The van der Waals surface area contributed by atoms with E-state index in [1.54, 1.807) is 14.2 Å². The summed E-state index contributed by atoms with van der Waals surface area (Å²) in [5.74, 6) is 0.859. The van der Waals surface area contributed by atoms with Gasteiger partial charge in [-0.3, -0.25) is 4.90 Å². The molecule has 5 atom stereocenters. The molecule has 4 heteroatoms. The summed E-state index contributed by atoms with van der Waals surface area (Å²) >= 11 is 0. The van der Waals surface area contributed by atoms with Gasteiger partial charge in [-0.15, -0.1) is 0 Å². The summed E-state index contributed by atoms with van der Waals surface area (Å²) in [6.45, 7) is 4.21. The number of methoxy groups -OCH3 is 2. The zero-order chi connectivity index (χ0) is 13.8. The Balaban J connectivity index is 1.95. The smallest absolute Gasteiger partial charge is 0.0971 e. The standard InChI is InChI=1S/C15H30N2O2/c1-4-5-11-6-7-12(16)13(8-11)17-9-14(18-2)15(10-17)19-3/h11-15H,4-10,16H2,1-3H3. The van der Waals surface area contributed by atoms with Gasteiger partial charge in [-0.25, -0.2) is 0 Å². The van der Waals surface area contributed by atoms with Gasteiger partial charge in [0.05, 0.1) is 12.2 Å². The van der Waals surface area contributed by atoms with Crippen molar-refractivity contribution < 1.29 is 9.47 Å². The van der Waals surface area contributed by atoms with Crippen LogP contribution in [0.4, 0.5) is 0 Å². The highest BCUT2D eigenvalue weighted by Gasteiger charge is 2.40. The van der Waals surface area contributed by atoms with Gasteiger partial charge in [0.1, 0.15) is 0 Å². The van der Waals surface area contributed by atoms with E-state index in [0.29, 0.717) is 12.1 Å². The van der Waals surface area contributed by atoms with Gasteiger partial charge >= 0.3 is 0 Å². The lowest BCUT2D eigenvalue weighted by Crippen LogP contribution is -2.50. The second-order valence-electron chi connectivity index (χ2n) is 6.20. The zero-order valence-electron chi connectivity index (χ0n) is 12.7. The minimum Gasteiger partial charge on any atom is -0.377 e. The Labute approximate surface area is 117 Å². The molecule has 1 saturated heterocycles. The number of likely N-dealkylation sites (tertiary alicyclic amines) is 1. The van der Waals surface area contributed by atoms with E-state index in [-0.39, 0.29) is 12.2 Å². The van der Waals surface area contributed by atoms with Gasteiger partial charge in [0.25, 0.3) is 0 Å². The van der Waals surface area contributed by atoms with Crippen LogP contribution in [0.25, 0.3) is 0 Å². The SMILES string of the molecule is CCCC1CCC(N)C(N2CC(OC)C(OC)C2)C1. The van der Waals surface area contributed by atoms with Crippen LogP contribution in [0.15, 0.2) is 0 Å². The molecule has 2 fully saturated rings. The van der Waals surface area contributed by atoms with Crippen molar-refractivity contribution in [3.63, 3.8) is 0 Å². The molecule has 112 valence electrons. The molecule has 0 aromatic rings. The minimum atomic E-state index is 0.198. The van der Waals surface area contributed by atoms with Crippen molar-refractivity contribution in [2.75, 3.05) is 27.3 Å². The van der Waals surface area contributed by atoms with Crippen molar-refractivity contribution in [1.82, 2.24) is 4.90 Å². The van der Waals surface area contributed by atoms with E-state index in [0.717, 1.165) is 19.0 Å². The Morgan fingerprint density at radius 2 is 1.74 bits per heavy atom. The molecule has 0 aromatic heterocycles. The van der Waals surface area contributed by atoms with Crippen molar-refractivity contribution in [3.8, 4) is 0 Å². The lowest BCUT2D eigenvalue weighted by atomic mass is 9.80. The lowest BCUT2D eigenvalue weighted by Gasteiger charge is -2.39. The molecule has 1 aliphatic heterocycles. The van der Waals surface area contributed by atoms with Crippen LogP contribution in [0, 0.1) is 5.92 Å². The van der Waals surface area contributed by atoms with Gasteiger partial charge in [0, 0.05) is 39.4 Å². The fourth-order valence-corrected chi connectivity index (χ4v) is 3.84. The third kappa shape index (κ3) is 3.48. The molecule has 0 bridgehead atoms. The van der Waals surface area contributed by atoms with Gasteiger partial charge < -0.3 is 15.2 Å². The predicted molar refractivity (Wildman–Crippen MR) is 77.2 cm³/mol. The summed E-state index contributed by atoms with van der Waals surface area (Å²) in [7, 11) is 3.56. The first-order valence-electron chi connectivity index (χ1n) is 7.74. The molecule has 0 aromatic carbocycles. The average molecular weight is 270 g/mol. The first-order valence-corrected chi connectivity index (χ1v) is 7.74. The maximum absolute atomic E-state index is 6.37. The molecule has 0 radical (unpaired) electrons. The molecule has 4 nitrogen and oxygen atoms in total. The van der Waals surface area contributed by atoms with Crippen LogP contribution in [0.3, 0.4) is 0 Å². The predicted octanol–water partition coefficient (Wildman–Crippen LogP) is 1.63. The van der Waals surface area contributed by atoms with Crippen LogP contribution in [0.1, 0.15) is 39.0 Å². The normalized spacial score (nSPS) is 40.7. The Morgan fingerprint density at radius 1 is 1.11 bits per heavy atom. The summed E-state index contributed by atoms with van der Waals surface area (Å²) in [6, 6.07) is 0.837. The average Bonchev–Trinajstić information content (AvgIpc) is 2.84. The minimum absolute atomic E-state index is 0.198. The fraction of sp³-hybridized carbons (Fsp3) is 1.00. The maximum atomic E-state index is 6.37. The van der Waals surface area contributed by atoms with E-state index < -0.39 is 0 Å². The van der Waals surface area contributed by atoms with Gasteiger partial charge in [-0.1, -0.05) is 19.8 Å². The number of rotatable bonds is 5. The highest BCUT2D eigenvalue weighted by Crippen LogP contribution is 2.32. The van der Waals surface area contributed by atoms with Gasteiger partial charge in [0.2, 0.25) is 0 Å². The van der Waals surface area contributed by atoms with Crippen molar-refractivity contribution in [2.24, 2.45) is 11.7 Å². The number of hydrogen-bond acceptors (Lipinski definition) is 4. The first kappa shape index (κ1) is 15.2. The van der Waals surface area contributed by atoms with E-state index >= 15 is 0 Å². The molecule has 5 unspecified atom stereocenters. The Bertz CT molecular complexity index is 263. The van der Waals surface area contributed by atoms with Crippen LogP contribution in [-0.2, 0) is 9.47 Å². The molecule has 0 spiro atoms. The van der Waals surface area contributed by atoms with Crippen LogP contribution < -0.4 is 5.73 Å². The van der Waals surface area contributed by atoms with Crippen LogP contribution in [0.5, 0.6) is 0 Å². The van der Waals surface area contributed by atoms with Crippen LogP contribution in [-0.4, -0.2) is 56.5 Å². The Hall–Kier alpha value is -0.160. The van der Waals surface area contributed by atoms with Crippen molar-refractivity contribution >= 4 is 0 Å². The number of nitrogens with two attached hydrogens (primary N) is 1. The number of ether oxygens (including phenoxy) is 2. The maximum Gasteiger partial charge on any atom is 0.0971 e. The second kappa shape index (κ2) is 7.02. The molecule has 2 rings (SSSR count). The number of nitrogens with zero attached hydrogens (tertiary/aromatic N) is 1. The van der Waals surface area contributed by atoms with Crippen molar-refractivity contribution in [2.45, 2.75) is 63.3 Å². The summed E-state index contributed by atoms with van der Waals surface area (Å²) in [5.41, 5.74) is 6.37. The molecule has 2 N–H and O–H groups in total. The highest BCUT2D eigenvalue weighted by atomic mass is 16.5. The molecule has 2 aliphatic rings. The third-order valence-corrected chi connectivity index (χ3v) is 4.99. The van der Waals surface area contributed by atoms with Crippen LogP contribution >= 0.6 is 0 Å². The van der Waals surface area contributed by atoms with Crippen LogP contribution in [0.2, 0.25) is 0 Å². The molecular weight excluding hydrogens is 240 g/mol. The largest absolute Gasteiger partial charge is 0.377 e. The third-order valence-electron chi connectivity index (χ3n) is 4.99. The van der Waals surface area contributed by atoms with Gasteiger partial charge in [0.15, 0.2) is 0 Å². The summed E-state index contributed by atoms with van der Waals surface area (Å²) in [5, 5.41) is 0. The Kier molecular flexibility index (Phi) is 5.63. The molecule has 1 aliphatic carbocycles. The summed E-state index contributed by atoms with van der Waals surface area (Å²) < 4.78 is 11.1. The monoisotopic (exact) mass is 270 g/mol. The van der Waals surface area contributed by atoms with Gasteiger partial charge in [-0.2, -0.15) is 0 Å². The van der Waals surface area contributed by atoms with Gasteiger partial charge in [-0.05, 0) is 25.2 Å². The fourth-order valence-electron chi connectivity index (χ4n) is 3.84. The summed E-state index contributed by atoms with van der Waals surface area (Å²) in [4.78, 5) is 2.51. The quantitative estimate of drug-likeness (QED) is 0.825. The Morgan fingerprint density at radius 3 is 2.26 bits per heavy atom. The van der Waals surface area contributed by atoms with Crippen molar-refractivity contribution in [1.29, 1.82) is 0 Å². The zero-order valence-corrected chi connectivity index (χ0v) is 12.7. The molecule has 0 amide bonds. The highest BCUT2D eigenvalue weighted by molar-refractivity contribution is 4.96. The molecular formula is C15H30N2O2. The lowest BCUT2D eigenvalue weighted by molar-refractivity contribution is -0.00461. The van der Waals surface area contributed by atoms with E-state index in [2.05, 4.69) is 11.8 Å². The van der Waals surface area contributed by atoms with E-state index in [4.69, 9.17) is 15.2 Å². The van der Waals surface area contributed by atoms with E-state index in [1.807, 2.05) is 0 Å². The first-order chi connectivity index (χ1) is 9.19. The molecule has 19 heavy (non-hydrogen) atoms. The summed E-state index contributed by atoms with van der Waals surface area (Å²) in [6.07, 6.45) is 6.75.